The Morgan fingerprint density at radius 2 is 1.64 bits per heavy atom. The Hall–Kier alpha value is -0.370. The average Bonchev–Trinajstić information content (AvgIpc) is 2.86. The molecule has 4 aliphatic rings. The van der Waals surface area contributed by atoms with Crippen LogP contribution in [0.2, 0.25) is 0 Å². The lowest BCUT2D eigenvalue weighted by atomic mass is 9.42. The van der Waals surface area contributed by atoms with Crippen molar-refractivity contribution in [1.29, 1.82) is 0 Å². The fourth-order valence-corrected chi connectivity index (χ4v) is 8.48. The third-order valence-electron chi connectivity index (χ3n) is 9.80. The summed E-state index contributed by atoms with van der Waals surface area (Å²) in [6.07, 6.45) is 9.38. The van der Waals surface area contributed by atoms with Gasteiger partial charge < -0.3 is 5.11 Å². The summed E-state index contributed by atoms with van der Waals surface area (Å²) in [5.74, 6) is 4.52. The highest BCUT2D eigenvalue weighted by molar-refractivity contribution is 5.79. The molecule has 0 aromatic heterocycles. The summed E-state index contributed by atoms with van der Waals surface area (Å²) in [5, 5.41) is 10.7. The molecule has 0 heterocycles. The molecule has 4 fully saturated rings. The van der Waals surface area contributed by atoms with Crippen LogP contribution in [0.3, 0.4) is 0 Å². The zero-order valence-corrected chi connectivity index (χ0v) is 17.0. The maximum Gasteiger partial charge on any atom is 0.133 e. The molecule has 0 saturated heterocycles. The zero-order chi connectivity index (χ0) is 18.2. The SMILES string of the molecule is CC(=O)C1CC[C@H]2[C@@H]3[C@H](C)C[C@H]4C[C@](C)(O)CC[C@]4(C)[C@H]3CC[C@]12C. The number of aliphatic hydroxyl groups is 1. The van der Waals surface area contributed by atoms with E-state index < -0.39 is 5.60 Å². The van der Waals surface area contributed by atoms with Crippen LogP contribution in [0, 0.1) is 46.3 Å². The summed E-state index contributed by atoms with van der Waals surface area (Å²) < 4.78 is 0. The molecule has 0 radical (unpaired) electrons. The highest BCUT2D eigenvalue weighted by Crippen LogP contribution is 2.69. The zero-order valence-electron chi connectivity index (χ0n) is 17.0. The van der Waals surface area contributed by atoms with E-state index in [0.29, 0.717) is 23.0 Å². The van der Waals surface area contributed by atoms with Gasteiger partial charge in [-0.2, -0.15) is 0 Å². The minimum absolute atomic E-state index is 0.255. The highest BCUT2D eigenvalue weighted by atomic mass is 16.3. The summed E-state index contributed by atoms with van der Waals surface area (Å²) >= 11 is 0. The summed E-state index contributed by atoms with van der Waals surface area (Å²) in [5.41, 5.74) is 0.215. The largest absolute Gasteiger partial charge is 0.390 e. The Balaban J connectivity index is 1.66. The van der Waals surface area contributed by atoms with Gasteiger partial charge in [0.05, 0.1) is 5.60 Å². The number of rotatable bonds is 1. The second kappa shape index (κ2) is 5.57. The van der Waals surface area contributed by atoms with Crippen LogP contribution >= 0.6 is 0 Å². The van der Waals surface area contributed by atoms with Crippen molar-refractivity contribution in [3.63, 3.8) is 0 Å². The molecular formula is C23H38O2. The number of fused-ring (bicyclic) bond motifs is 5. The molecule has 4 saturated carbocycles. The molecule has 0 bridgehead atoms. The van der Waals surface area contributed by atoms with E-state index in [1.165, 1.54) is 32.1 Å². The van der Waals surface area contributed by atoms with Crippen molar-refractivity contribution < 1.29 is 9.90 Å². The van der Waals surface area contributed by atoms with Crippen LogP contribution in [0.15, 0.2) is 0 Å². The Labute approximate surface area is 154 Å². The van der Waals surface area contributed by atoms with Crippen molar-refractivity contribution >= 4 is 5.78 Å². The Morgan fingerprint density at radius 1 is 0.960 bits per heavy atom. The van der Waals surface area contributed by atoms with Crippen LogP contribution in [0.5, 0.6) is 0 Å². The first kappa shape index (κ1) is 18.0. The molecule has 0 spiro atoms. The van der Waals surface area contributed by atoms with Crippen molar-refractivity contribution in [3.8, 4) is 0 Å². The predicted molar refractivity (Wildman–Crippen MR) is 101 cm³/mol. The Morgan fingerprint density at radius 3 is 2.32 bits per heavy atom. The van der Waals surface area contributed by atoms with Gasteiger partial charge in [0.15, 0.2) is 0 Å². The third-order valence-corrected chi connectivity index (χ3v) is 9.80. The fraction of sp³-hybridized carbons (Fsp3) is 0.957. The van der Waals surface area contributed by atoms with Gasteiger partial charge in [-0.05, 0) is 106 Å². The van der Waals surface area contributed by atoms with Gasteiger partial charge in [0.25, 0.3) is 0 Å². The van der Waals surface area contributed by atoms with Crippen LogP contribution in [-0.4, -0.2) is 16.5 Å². The van der Waals surface area contributed by atoms with Crippen molar-refractivity contribution in [2.75, 3.05) is 0 Å². The van der Waals surface area contributed by atoms with Gasteiger partial charge in [-0.15, -0.1) is 0 Å². The van der Waals surface area contributed by atoms with E-state index in [1.54, 1.807) is 0 Å². The molecule has 0 aromatic carbocycles. The van der Waals surface area contributed by atoms with Crippen LogP contribution < -0.4 is 0 Å². The van der Waals surface area contributed by atoms with Crippen molar-refractivity contribution in [2.24, 2.45) is 46.3 Å². The van der Waals surface area contributed by atoms with E-state index in [-0.39, 0.29) is 5.41 Å². The summed E-state index contributed by atoms with van der Waals surface area (Å²) in [7, 11) is 0. The third kappa shape index (κ3) is 2.49. The number of hydrogen-bond acceptors (Lipinski definition) is 2. The Bertz CT molecular complexity index is 566. The number of ketones is 1. The van der Waals surface area contributed by atoms with Crippen molar-refractivity contribution in [1.82, 2.24) is 0 Å². The molecule has 4 rings (SSSR count). The minimum Gasteiger partial charge on any atom is -0.390 e. The van der Waals surface area contributed by atoms with E-state index in [0.717, 1.165) is 42.9 Å². The normalized spacial score (nSPS) is 58.2. The van der Waals surface area contributed by atoms with Gasteiger partial charge >= 0.3 is 0 Å². The number of Topliss-reactive ketones (excluding diaryl/α,β-unsaturated/α-hetero) is 1. The summed E-state index contributed by atoms with van der Waals surface area (Å²) in [6.45, 7) is 11.4. The minimum atomic E-state index is -0.451. The van der Waals surface area contributed by atoms with E-state index in [1.807, 2.05) is 6.92 Å². The average molecular weight is 347 g/mol. The van der Waals surface area contributed by atoms with Crippen LogP contribution in [0.4, 0.5) is 0 Å². The first-order chi connectivity index (χ1) is 11.6. The lowest BCUT2D eigenvalue weighted by Crippen LogP contribution is -2.57. The van der Waals surface area contributed by atoms with Gasteiger partial charge in [0.2, 0.25) is 0 Å². The van der Waals surface area contributed by atoms with Crippen LogP contribution in [0.1, 0.15) is 86.0 Å². The van der Waals surface area contributed by atoms with Gasteiger partial charge in [-0.1, -0.05) is 20.8 Å². The molecule has 2 nitrogen and oxygen atoms in total. The molecule has 9 atom stereocenters. The second-order valence-corrected chi connectivity index (χ2v) is 11.2. The summed E-state index contributed by atoms with van der Waals surface area (Å²) in [6, 6.07) is 0. The molecule has 0 aliphatic heterocycles. The van der Waals surface area contributed by atoms with Gasteiger partial charge in [-0.3, -0.25) is 4.79 Å². The number of carbonyl (C=O) groups excluding carboxylic acids is 1. The first-order valence-corrected chi connectivity index (χ1v) is 10.8. The lowest BCUT2D eigenvalue weighted by Gasteiger charge is -2.63. The summed E-state index contributed by atoms with van der Waals surface area (Å²) in [4.78, 5) is 12.3. The standard InChI is InChI=1S/C23H38O2/c1-14-12-16-13-21(3,25)10-11-22(16,4)19-8-9-23(5)17(15(2)24)6-7-18(23)20(14)19/h14,16-20,25H,6-13H2,1-5H3/t14-,16+,17?,18+,19+,20+,21-,22+,23-/m1/s1. The Kier molecular flexibility index (Phi) is 4.01. The fourth-order valence-electron chi connectivity index (χ4n) is 8.48. The second-order valence-electron chi connectivity index (χ2n) is 11.2. The molecule has 2 heteroatoms. The quantitative estimate of drug-likeness (QED) is 0.706. The van der Waals surface area contributed by atoms with E-state index >= 15 is 0 Å². The molecule has 4 aliphatic carbocycles. The van der Waals surface area contributed by atoms with E-state index in [4.69, 9.17) is 0 Å². The van der Waals surface area contributed by atoms with Crippen LogP contribution in [0.25, 0.3) is 0 Å². The topological polar surface area (TPSA) is 37.3 Å². The molecule has 142 valence electrons. The van der Waals surface area contributed by atoms with E-state index in [9.17, 15) is 9.90 Å². The maximum absolute atomic E-state index is 12.3. The molecule has 25 heavy (non-hydrogen) atoms. The molecular weight excluding hydrogens is 308 g/mol. The number of carbonyl (C=O) groups is 1. The molecule has 0 amide bonds. The predicted octanol–water partition coefficient (Wildman–Crippen LogP) is 5.23. The smallest absolute Gasteiger partial charge is 0.133 e. The molecule has 1 N–H and O–H groups in total. The van der Waals surface area contributed by atoms with Crippen molar-refractivity contribution in [3.05, 3.63) is 0 Å². The number of hydrogen-bond donors (Lipinski definition) is 1. The lowest BCUT2D eigenvalue weighted by molar-refractivity contribution is -0.165. The first-order valence-electron chi connectivity index (χ1n) is 10.8. The van der Waals surface area contributed by atoms with E-state index in [2.05, 4.69) is 27.7 Å². The highest BCUT2D eigenvalue weighted by Gasteiger charge is 2.62. The van der Waals surface area contributed by atoms with Crippen LogP contribution in [-0.2, 0) is 4.79 Å². The van der Waals surface area contributed by atoms with Gasteiger partial charge in [0.1, 0.15) is 5.78 Å². The maximum atomic E-state index is 12.3. The van der Waals surface area contributed by atoms with Gasteiger partial charge in [-0.25, -0.2) is 0 Å². The van der Waals surface area contributed by atoms with Gasteiger partial charge in [0, 0.05) is 5.92 Å². The monoisotopic (exact) mass is 346 g/mol. The van der Waals surface area contributed by atoms with Crippen molar-refractivity contribution in [2.45, 2.75) is 91.6 Å². The molecule has 1 unspecified atom stereocenters. The molecule has 0 aromatic rings.